The van der Waals surface area contributed by atoms with E-state index in [4.69, 9.17) is 16.3 Å². The summed E-state index contributed by atoms with van der Waals surface area (Å²) in [6, 6.07) is 3.91. The molecular weight excluding hydrogens is 443 g/mol. The van der Waals surface area contributed by atoms with Crippen LogP contribution < -0.4 is 20.1 Å². The van der Waals surface area contributed by atoms with Crippen LogP contribution in [0.5, 0.6) is 11.6 Å². The number of methoxy groups -OCH3 is 1. The zero-order valence-electron chi connectivity index (χ0n) is 16.2. The molecule has 3 aromatic rings. The number of hydrogen-bond donors (Lipinski definition) is 4. The van der Waals surface area contributed by atoms with Crippen molar-refractivity contribution >= 4 is 34.4 Å². The Morgan fingerprint density at radius 1 is 1.35 bits per heavy atom. The standard InChI is InChI=1S/C18H17ClF3N5O4/c1-8(9-3-4-10(19)13(5-9)31-18(20,21)22)23-17(29)25-14-6-11-15(12(7-28)24-14)16(30-2)27-26-11/h3-6,8,28H,7H2,1-2H3,(H,26,27)(H2,23,24,25,29). The third-order valence-electron chi connectivity index (χ3n) is 4.20. The summed E-state index contributed by atoms with van der Waals surface area (Å²) >= 11 is 5.74. The molecule has 2 aromatic heterocycles. The van der Waals surface area contributed by atoms with Gasteiger partial charge in [0.25, 0.3) is 0 Å². The first kappa shape index (κ1) is 22.4. The smallest absolute Gasteiger partial charge is 0.479 e. The van der Waals surface area contributed by atoms with Gasteiger partial charge in [-0.25, -0.2) is 9.78 Å². The Labute approximate surface area is 178 Å². The number of H-pyrrole nitrogens is 1. The van der Waals surface area contributed by atoms with Crippen molar-refractivity contribution in [2.24, 2.45) is 0 Å². The number of pyridine rings is 1. The predicted octanol–water partition coefficient (Wildman–Crippen LogP) is 3.89. The van der Waals surface area contributed by atoms with E-state index in [1.165, 1.54) is 25.3 Å². The van der Waals surface area contributed by atoms with Crippen LogP contribution >= 0.6 is 11.6 Å². The van der Waals surface area contributed by atoms with Crippen molar-refractivity contribution in [1.82, 2.24) is 20.5 Å². The van der Waals surface area contributed by atoms with Crippen LogP contribution in [0.4, 0.5) is 23.8 Å². The van der Waals surface area contributed by atoms with Crippen LogP contribution in [0, 0.1) is 0 Å². The minimum absolute atomic E-state index is 0.116. The molecule has 13 heteroatoms. The van der Waals surface area contributed by atoms with E-state index in [-0.39, 0.29) is 22.4 Å². The first-order chi connectivity index (χ1) is 14.6. The van der Waals surface area contributed by atoms with Gasteiger partial charge in [0, 0.05) is 6.07 Å². The number of benzene rings is 1. The lowest BCUT2D eigenvalue weighted by Gasteiger charge is -2.17. The number of urea groups is 1. The number of anilines is 1. The molecule has 3 rings (SSSR count). The number of ether oxygens (including phenoxy) is 2. The molecule has 166 valence electrons. The van der Waals surface area contributed by atoms with Gasteiger partial charge in [-0.15, -0.1) is 18.3 Å². The normalized spacial score (nSPS) is 12.5. The van der Waals surface area contributed by atoms with Crippen molar-refractivity contribution in [2.75, 3.05) is 12.4 Å². The van der Waals surface area contributed by atoms with Crippen molar-refractivity contribution in [3.63, 3.8) is 0 Å². The van der Waals surface area contributed by atoms with E-state index in [2.05, 4.69) is 30.6 Å². The average Bonchev–Trinajstić information content (AvgIpc) is 3.10. The fourth-order valence-corrected chi connectivity index (χ4v) is 3.00. The third kappa shape index (κ3) is 5.27. The lowest BCUT2D eigenvalue weighted by Crippen LogP contribution is -2.31. The van der Waals surface area contributed by atoms with E-state index < -0.39 is 30.8 Å². The number of nitrogens with zero attached hydrogens (tertiary/aromatic N) is 2. The number of carbonyl (C=O) groups is 1. The molecule has 0 fully saturated rings. The van der Waals surface area contributed by atoms with Gasteiger partial charge in [0.1, 0.15) is 11.6 Å². The summed E-state index contributed by atoms with van der Waals surface area (Å²) in [4.78, 5) is 16.5. The Morgan fingerprint density at radius 3 is 2.74 bits per heavy atom. The van der Waals surface area contributed by atoms with Crippen LogP contribution in [0.15, 0.2) is 24.3 Å². The molecule has 0 aliphatic rings. The van der Waals surface area contributed by atoms with Crippen LogP contribution in [0.2, 0.25) is 5.02 Å². The lowest BCUT2D eigenvalue weighted by molar-refractivity contribution is -0.274. The maximum atomic E-state index is 12.5. The molecule has 1 atom stereocenters. The van der Waals surface area contributed by atoms with Gasteiger partial charge in [0.2, 0.25) is 5.88 Å². The Hall–Kier alpha value is -3.25. The molecular formula is C18H17ClF3N5O4. The van der Waals surface area contributed by atoms with Crippen molar-refractivity contribution in [1.29, 1.82) is 0 Å². The Kier molecular flexibility index (Phi) is 6.41. The van der Waals surface area contributed by atoms with E-state index in [0.29, 0.717) is 16.5 Å². The second-order valence-corrected chi connectivity index (χ2v) is 6.73. The van der Waals surface area contributed by atoms with Gasteiger partial charge in [-0.05, 0) is 24.6 Å². The number of fused-ring (bicyclic) bond motifs is 1. The molecule has 0 bridgehead atoms. The van der Waals surface area contributed by atoms with Gasteiger partial charge in [-0.3, -0.25) is 10.4 Å². The Balaban J connectivity index is 1.74. The number of amides is 2. The number of halogens is 4. The van der Waals surface area contributed by atoms with Crippen molar-refractivity contribution in [3.8, 4) is 11.6 Å². The molecule has 1 unspecified atom stereocenters. The molecule has 0 saturated heterocycles. The largest absolute Gasteiger partial charge is 0.573 e. The quantitative estimate of drug-likeness (QED) is 0.443. The Morgan fingerprint density at radius 2 is 2.10 bits per heavy atom. The van der Waals surface area contributed by atoms with E-state index >= 15 is 0 Å². The molecule has 2 heterocycles. The maximum Gasteiger partial charge on any atom is 0.573 e. The number of aliphatic hydroxyl groups excluding tert-OH is 1. The summed E-state index contributed by atoms with van der Waals surface area (Å²) in [6.45, 7) is 1.14. The highest BCUT2D eigenvalue weighted by molar-refractivity contribution is 6.32. The number of carbonyl (C=O) groups excluding carboxylic acids is 1. The summed E-state index contributed by atoms with van der Waals surface area (Å²) in [5.41, 5.74) is 1.04. The van der Waals surface area contributed by atoms with Crippen LogP contribution in [0.1, 0.15) is 24.2 Å². The number of nitrogens with one attached hydrogen (secondary N) is 3. The summed E-state index contributed by atoms with van der Waals surface area (Å²) in [7, 11) is 1.42. The maximum absolute atomic E-state index is 12.5. The summed E-state index contributed by atoms with van der Waals surface area (Å²) < 4.78 is 46.5. The summed E-state index contributed by atoms with van der Waals surface area (Å²) in [5, 5.41) is 21.5. The highest BCUT2D eigenvalue weighted by atomic mass is 35.5. The van der Waals surface area contributed by atoms with Gasteiger partial charge in [-0.2, -0.15) is 0 Å². The lowest BCUT2D eigenvalue weighted by atomic mass is 10.1. The summed E-state index contributed by atoms with van der Waals surface area (Å²) in [6.07, 6.45) is -4.90. The van der Waals surface area contributed by atoms with Crippen LogP contribution in [-0.4, -0.2) is 39.8 Å². The minimum atomic E-state index is -4.90. The molecule has 0 radical (unpaired) electrons. The highest BCUT2D eigenvalue weighted by Gasteiger charge is 2.32. The molecule has 0 saturated carbocycles. The Bertz CT molecular complexity index is 1110. The zero-order chi connectivity index (χ0) is 22.8. The molecule has 1 aromatic carbocycles. The van der Waals surface area contributed by atoms with Crippen LogP contribution in [0.25, 0.3) is 10.9 Å². The van der Waals surface area contributed by atoms with Crippen molar-refractivity contribution in [3.05, 3.63) is 40.5 Å². The van der Waals surface area contributed by atoms with Crippen LogP contribution in [0.3, 0.4) is 0 Å². The number of hydrogen-bond acceptors (Lipinski definition) is 6. The number of alkyl halides is 3. The zero-order valence-corrected chi connectivity index (χ0v) is 16.9. The van der Waals surface area contributed by atoms with Gasteiger partial charge in [-0.1, -0.05) is 17.7 Å². The fourth-order valence-electron chi connectivity index (χ4n) is 2.84. The highest BCUT2D eigenvalue weighted by Crippen LogP contribution is 2.32. The molecule has 0 spiro atoms. The third-order valence-corrected chi connectivity index (χ3v) is 4.51. The number of aromatic nitrogens is 3. The van der Waals surface area contributed by atoms with E-state index in [1.807, 2.05) is 0 Å². The first-order valence-electron chi connectivity index (χ1n) is 8.76. The topological polar surface area (TPSA) is 121 Å². The van der Waals surface area contributed by atoms with Crippen LogP contribution in [-0.2, 0) is 6.61 Å². The minimum Gasteiger partial charge on any atom is -0.479 e. The molecule has 4 N–H and O–H groups in total. The van der Waals surface area contributed by atoms with Gasteiger partial charge in [0.15, 0.2) is 0 Å². The second kappa shape index (κ2) is 8.86. The average molecular weight is 460 g/mol. The van der Waals surface area contributed by atoms with E-state index in [9.17, 15) is 23.1 Å². The van der Waals surface area contributed by atoms with Gasteiger partial charge < -0.3 is 19.9 Å². The van der Waals surface area contributed by atoms with Crippen molar-refractivity contribution in [2.45, 2.75) is 25.9 Å². The number of aromatic amines is 1. The van der Waals surface area contributed by atoms with Gasteiger partial charge >= 0.3 is 12.4 Å². The summed E-state index contributed by atoms with van der Waals surface area (Å²) in [5.74, 6) is -0.214. The fraction of sp³-hybridized carbons (Fsp3) is 0.278. The molecule has 31 heavy (non-hydrogen) atoms. The molecule has 9 nitrogen and oxygen atoms in total. The second-order valence-electron chi connectivity index (χ2n) is 6.33. The van der Waals surface area contributed by atoms with Crippen molar-refractivity contribution < 1.29 is 32.5 Å². The molecule has 0 aliphatic carbocycles. The van der Waals surface area contributed by atoms with E-state index in [1.54, 1.807) is 6.92 Å². The predicted molar refractivity (Wildman–Crippen MR) is 105 cm³/mol. The number of rotatable bonds is 6. The molecule has 2 amide bonds. The first-order valence-corrected chi connectivity index (χ1v) is 9.14. The number of aliphatic hydroxyl groups is 1. The van der Waals surface area contributed by atoms with Gasteiger partial charge in [0.05, 0.1) is 41.4 Å². The molecule has 0 aliphatic heterocycles. The SMILES string of the molecule is COc1n[nH]c2cc(NC(=O)NC(C)c3ccc(Cl)c(OC(F)(F)F)c3)nc(CO)c12. The monoisotopic (exact) mass is 459 g/mol. The van der Waals surface area contributed by atoms with E-state index in [0.717, 1.165) is 6.07 Å².